The lowest BCUT2D eigenvalue weighted by atomic mass is 9.93. The quantitative estimate of drug-likeness (QED) is 0.799. The molecule has 0 aliphatic carbocycles. The Kier molecular flexibility index (Phi) is 3.03. The summed E-state index contributed by atoms with van der Waals surface area (Å²) in [6, 6.07) is 0. The van der Waals surface area contributed by atoms with Gasteiger partial charge in [0.25, 0.3) is 0 Å². The molecule has 0 aliphatic heterocycles. The molecule has 1 atom stereocenters. The molecule has 0 aliphatic rings. The summed E-state index contributed by atoms with van der Waals surface area (Å²) in [5, 5.41) is 2.39. The van der Waals surface area contributed by atoms with Gasteiger partial charge in [-0.1, -0.05) is 20.8 Å². The molecule has 4 heteroatoms. The highest BCUT2D eigenvalue weighted by molar-refractivity contribution is 7.09. The minimum atomic E-state index is -1.11. The Hall–Kier alpha value is -0.480. The third kappa shape index (κ3) is 2.48. The van der Waals surface area contributed by atoms with Gasteiger partial charge in [0.1, 0.15) is 5.01 Å². The Morgan fingerprint density at radius 3 is 2.62 bits per heavy atom. The van der Waals surface area contributed by atoms with Gasteiger partial charge in [0.2, 0.25) is 0 Å². The summed E-state index contributed by atoms with van der Waals surface area (Å²) in [7, 11) is 0. The van der Waals surface area contributed by atoms with E-state index in [-0.39, 0.29) is 12.0 Å². The van der Waals surface area contributed by atoms with Crippen LogP contribution in [0.3, 0.4) is 0 Å². The average molecular weight is 202 g/mol. The predicted molar refractivity (Wildman–Crippen MR) is 53.7 cm³/mol. The number of thiazole rings is 1. The largest absolute Gasteiger partial charge is 0.327 e. The molecule has 13 heavy (non-hydrogen) atoms. The van der Waals surface area contributed by atoms with E-state index in [0.29, 0.717) is 5.01 Å². The lowest BCUT2D eigenvalue weighted by Gasteiger charge is -2.14. The van der Waals surface area contributed by atoms with Gasteiger partial charge >= 0.3 is 0 Å². The number of nitrogens with zero attached hydrogens (tertiary/aromatic N) is 1. The number of hydrogen-bond acceptors (Lipinski definition) is 3. The monoisotopic (exact) mass is 202 g/mol. The fraction of sp³-hybridized carbons (Fsp3) is 0.667. The van der Waals surface area contributed by atoms with E-state index in [1.54, 1.807) is 0 Å². The highest BCUT2D eigenvalue weighted by Gasteiger charge is 2.20. The first kappa shape index (κ1) is 10.6. The molecule has 0 fully saturated rings. The summed E-state index contributed by atoms with van der Waals surface area (Å²) in [5.74, 6) is 0. The van der Waals surface area contributed by atoms with Gasteiger partial charge in [-0.2, -0.15) is 0 Å². The van der Waals surface area contributed by atoms with Crippen LogP contribution < -0.4 is 5.73 Å². The smallest absolute Gasteiger partial charge is 0.164 e. The zero-order chi connectivity index (χ0) is 10.1. The fourth-order valence-electron chi connectivity index (χ4n) is 0.877. The first-order valence-corrected chi connectivity index (χ1v) is 5.13. The molecule has 0 amide bonds. The Morgan fingerprint density at radius 1 is 1.62 bits per heavy atom. The number of rotatable bonds is 2. The number of nitrogens with two attached hydrogens (primary N) is 1. The molecule has 1 heterocycles. The van der Waals surface area contributed by atoms with E-state index in [1.165, 1.54) is 11.3 Å². The Bertz CT molecular complexity index is 277. The van der Waals surface area contributed by atoms with Crippen LogP contribution in [0.5, 0.6) is 0 Å². The van der Waals surface area contributed by atoms with E-state index in [2.05, 4.69) is 25.8 Å². The predicted octanol–water partition coefficient (Wildman–Crippen LogP) is 2.41. The van der Waals surface area contributed by atoms with Crippen LogP contribution in [-0.4, -0.2) is 11.5 Å². The first-order valence-electron chi connectivity index (χ1n) is 4.25. The molecule has 2 N–H and O–H groups in total. The van der Waals surface area contributed by atoms with Crippen molar-refractivity contribution >= 4 is 11.3 Å². The van der Waals surface area contributed by atoms with Crippen molar-refractivity contribution in [2.24, 2.45) is 5.73 Å². The second-order valence-electron chi connectivity index (χ2n) is 4.02. The van der Waals surface area contributed by atoms with Crippen molar-refractivity contribution in [3.8, 4) is 0 Å². The molecule has 0 radical (unpaired) electrons. The highest BCUT2D eigenvalue weighted by Crippen LogP contribution is 2.27. The second kappa shape index (κ2) is 3.72. The van der Waals surface area contributed by atoms with Crippen molar-refractivity contribution in [3.05, 3.63) is 16.1 Å². The molecule has 0 spiro atoms. The van der Waals surface area contributed by atoms with Gasteiger partial charge in [0.05, 0.1) is 5.69 Å². The lowest BCUT2D eigenvalue weighted by Crippen LogP contribution is -2.13. The number of alkyl halides is 1. The van der Waals surface area contributed by atoms with Gasteiger partial charge in [-0.05, 0) is 0 Å². The van der Waals surface area contributed by atoms with Crippen LogP contribution in [0.15, 0.2) is 5.38 Å². The maximum Gasteiger partial charge on any atom is 0.164 e. The Labute approximate surface area is 82.0 Å². The van der Waals surface area contributed by atoms with E-state index < -0.39 is 6.17 Å². The normalized spacial score (nSPS) is 14.5. The van der Waals surface area contributed by atoms with Gasteiger partial charge in [-0.3, -0.25) is 0 Å². The molecule has 0 aromatic carbocycles. The van der Waals surface area contributed by atoms with Gasteiger partial charge in [-0.15, -0.1) is 11.3 Å². The minimum Gasteiger partial charge on any atom is -0.327 e. The molecule has 1 unspecified atom stereocenters. The SMILES string of the molecule is CC(C)(C)c1csc(C(F)CN)n1. The summed E-state index contributed by atoms with van der Waals surface area (Å²) in [6.07, 6.45) is -1.11. The summed E-state index contributed by atoms with van der Waals surface area (Å²) in [4.78, 5) is 4.22. The summed E-state index contributed by atoms with van der Waals surface area (Å²) >= 11 is 1.34. The van der Waals surface area contributed by atoms with Crippen LogP contribution in [0.4, 0.5) is 4.39 Å². The highest BCUT2D eigenvalue weighted by atomic mass is 32.1. The second-order valence-corrected chi connectivity index (χ2v) is 4.91. The van der Waals surface area contributed by atoms with Gasteiger partial charge in [0.15, 0.2) is 6.17 Å². The third-order valence-electron chi connectivity index (χ3n) is 1.77. The zero-order valence-corrected chi connectivity index (χ0v) is 8.99. The van der Waals surface area contributed by atoms with Crippen molar-refractivity contribution in [3.63, 3.8) is 0 Å². The maximum atomic E-state index is 13.1. The fourth-order valence-corrected chi connectivity index (χ4v) is 1.91. The molecule has 0 bridgehead atoms. The number of hydrogen-bond donors (Lipinski definition) is 1. The Morgan fingerprint density at radius 2 is 2.23 bits per heavy atom. The average Bonchev–Trinajstić information content (AvgIpc) is 2.50. The van der Waals surface area contributed by atoms with Crippen LogP contribution in [0.2, 0.25) is 0 Å². The lowest BCUT2D eigenvalue weighted by molar-refractivity contribution is 0.350. The summed E-state index contributed by atoms with van der Waals surface area (Å²) in [6.45, 7) is 6.18. The van der Waals surface area contributed by atoms with Crippen LogP contribution in [-0.2, 0) is 5.41 Å². The van der Waals surface area contributed by atoms with Gasteiger partial charge < -0.3 is 5.73 Å². The molecule has 1 aromatic heterocycles. The molecule has 74 valence electrons. The zero-order valence-electron chi connectivity index (χ0n) is 8.17. The van der Waals surface area contributed by atoms with Crippen molar-refractivity contribution in [2.45, 2.75) is 32.4 Å². The first-order chi connectivity index (χ1) is 5.95. The number of aromatic nitrogens is 1. The van der Waals surface area contributed by atoms with Crippen LogP contribution in [0.25, 0.3) is 0 Å². The molecular weight excluding hydrogens is 187 g/mol. The maximum absolute atomic E-state index is 13.1. The molecule has 0 saturated carbocycles. The van der Waals surface area contributed by atoms with Crippen molar-refractivity contribution < 1.29 is 4.39 Å². The molecule has 2 nitrogen and oxygen atoms in total. The molecular formula is C9H15FN2S. The van der Waals surface area contributed by atoms with Crippen molar-refractivity contribution in [2.75, 3.05) is 6.54 Å². The van der Waals surface area contributed by atoms with E-state index >= 15 is 0 Å². The van der Waals surface area contributed by atoms with Gasteiger partial charge in [0, 0.05) is 17.3 Å². The van der Waals surface area contributed by atoms with E-state index in [9.17, 15) is 4.39 Å². The van der Waals surface area contributed by atoms with Gasteiger partial charge in [-0.25, -0.2) is 9.37 Å². The van der Waals surface area contributed by atoms with Crippen molar-refractivity contribution in [1.29, 1.82) is 0 Å². The molecule has 1 aromatic rings. The van der Waals surface area contributed by atoms with E-state index in [4.69, 9.17) is 5.73 Å². The molecule has 1 rings (SSSR count). The number of halogens is 1. The molecule has 0 saturated heterocycles. The third-order valence-corrected chi connectivity index (χ3v) is 2.69. The van der Waals surface area contributed by atoms with Crippen LogP contribution >= 0.6 is 11.3 Å². The van der Waals surface area contributed by atoms with Crippen LogP contribution in [0, 0.1) is 0 Å². The minimum absolute atomic E-state index is 0.0108. The topological polar surface area (TPSA) is 38.9 Å². The van der Waals surface area contributed by atoms with Crippen molar-refractivity contribution in [1.82, 2.24) is 4.98 Å². The van der Waals surface area contributed by atoms with E-state index in [0.717, 1.165) is 5.69 Å². The van der Waals surface area contributed by atoms with E-state index in [1.807, 2.05) is 5.38 Å². The standard InChI is InChI=1S/C9H15FN2S/c1-9(2,3)7-5-13-8(12-7)6(10)4-11/h5-6H,4,11H2,1-3H3. The Balaban J connectivity index is 2.87. The van der Waals surface area contributed by atoms with Crippen LogP contribution in [0.1, 0.15) is 37.6 Å². The summed E-state index contributed by atoms with van der Waals surface area (Å²) < 4.78 is 13.1. The summed E-state index contributed by atoms with van der Waals surface area (Å²) in [5.41, 5.74) is 6.14.